The molecule has 0 saturated heterocycles. The molecule has 0 atom stereocenters. The number of para-hydroxylation sites is 2. The zero-order valence-corrected chi connectivity index (χ0v) is 11.3. The number of nitro groups is 1. The molecular weight excluding hydrogens is 274 g/mol. The fraction of sp³-hybridized carbons (Fsp3) is 0.231. The van der Waals surface area contributed by atoms with Crippen molar-refractivity contribution >= 4 is 11.5 Å². The molecule has 1 aromatic carbocycles. The number of hydrogen-bond donors (Lipinski definition) is 1. The SMILES string of the molecule is Cc1nn(CCOc2ccccc2[N+](=O)[O-])c(N)c1C#N. The Morgan fingerprint density at radius 2 is 2.24 bits per heavy atom. The largest absolute Gasteiger partial charge is 0.485 e. The van der Waals surface area contributed by atoms with Gasteiger partial charge in [0.1, 0.15) is 24.1 Å². The number of hydrogen-bond acceptors (Lipinski definition) is 6. The van der Waals surface area contributed by atoms with Crippen molar-refractivity contribution in [1.82, 2.24) is 9.78 Å². The Bertz CT molecular complexity index is 717. The molecule has 0 radical (unpaired) electrons. The van der Waals surface area contributed by atoms with Crippen LogP contribution in [0.3, 0.4) is 0 Å². The van der Waals surface area contributed by atoms with Gasteiger partial charge in [0.05, 0.1) is 17.2 Å². The summed E-state index contributed by atoms with van der Waals surface area (Å²) in [5, 5.41) is 23.9. The van der Waals surface area contributed by atoms with Crippen LogP contribution < -0.4 is 10.5 Å². The molecule has 8 heteroatoms. The molecule has 0 amide bonds. The number of aromatic nitrogens is 2. The van der Waals surface area contributed by atoms with Crippen molar-refractivity contribution in [2.24, 2.45) is 0 Å². The molecule has 0 aliphatic heterocycles. The second kappa shape index (κ2) is 5.92. The van der Waals surface area contributed by atoms with E-state index in [4.69, 9.17) is 15.7 Å². The number of anilines is 1. The molecule has 2 N–H and O–H groups in total. The molecular formula is C13H13N5O3. The van der Waals surface area contributed by atoms with E-state index in [1.54, 1.807) is 19.1 Å². The second-order valence-electron chi connectivity index (χ2n) is 4.25. The molecule has 0 unspecified atom stereocenters. The number of nitriles is 1. The van der Waals surface area contributed by atoms with Gasteiger partial charge in [0.2, 0.25) is 0 Å². The van der Waals surface area contributed by atoms with Gasteiger partial charge in [-0.15, -0.1) is 0 Å². The number of nitrogens with zero attached hydrogens (tertiary/aromatic N) is 4. The highest BCUT2D eigenvalue weighted by Gasteiger charge is 2.15. The Hall–Kier alpha value is -3.08. The fourth-order valence-electron chi connectivity index (χ4n) is 1.88. The number of aryl methyl sites for hydroxylation is 1. The van der Waals surface area contributed by atoms with Gasteiger partial charge >= 0.3 is 5.69 Å². The van der Waals surface area contributed by atoms with Crippen LogP contribution in [0.4, 0.5) is 11.5 Å². The summed E-state index contributed by atoms with van der Waals surface area (Å²) in [4.78, 5) is 10.3. The minimum atomic E-state index is -0.504. The van der Waals surface area contributed by atoms with Crippen molar-refractivity contribution in [2.45, 2.75) is 13.5 Å². The average Bonchev–Trinajstić information content (AvgIpc) is 2.73. The summed E-state index contributed by atoms with van der Waals surface area (Å²) < 4.78 is 6.85. The summed E-state index contributed by atoms with van der Waals surface area (Å²) in [6.07, 6.45) is 0. The zero-order valence-electron chi connectivity index (χ0n) is 11.3. The van der Waals surface area contributed by atoms with Gasteiger partial charge in [0.25, 0.3) is 0 Å². The monoisotopic (exact) mass is 287 g/mol. The summed E-state index contributed by atoms with van der Waals surface area (Å²) in [6.45, 7) is 2.13. The minimum Gasteiger partial charge on any atom is -0.485 e. The average molecular weight is 287 g/mol. The van der Waals surface area contributed by atoms with Crippen molar-refractivity contribution in [1.29, 1.82) is 5.26 Å². The van der Waals surface area contributed by atoms with E-state index >= 15 is 0 Å². The zero-order chi connectivity index (χ0) is 15.4. The molecule has 0 fully saturated rings. The number of rotatable bonds is 5. The van der Waals surface area contributed by atoms with Gasteiger partial charge < -0.3 is 10.5 Å². The summed E-state index contributed by atoms with van der Waals surface area (Å²) in [5.74, 6) is 0.451. The highest BCUT2D eigenvalue weighted by molar-refractivity contribution is 5.51. The standard InChI is InChI=1S/C13H13N5O3/c1-9-10(8-14)13(15)17(16-9)6-7-21-12-5-3-2-4-11(12)18(19)20/h2-5H,6-7,15H2,1H3. The lowest BCUT2D eigenvalue weighted by molar-refractivity contribution is -0.385. The van der Waals surface area contributed by atoms with Gasteiger partial charge in [-0.05, 0) is 13.0 Å². The molecule has 0 aliphatic carbocycles. The van der Waals surface area contributed by atoms with Gasteiger partial charge in [0.15, 0.2) is 5.75 Å². The molecule has 8 nitrogen and oxygen atoms in total. The highest BCUT2D eigenvalue weighted by Crippen LogP contribution is 2.25. The number of benzene rings is 1. The number of nitrogens with two attached hydrogens (primary N) is 1. The van der Waals surface area contributed by atoms with Crippen LogP contribution >= 0.6 is 0 Å². The van der Waals surface area contributed by atoms with E-state index in [1.807, 2.05) is 6.07 Å². The second-order valence-corrected chi connectivity index (χ2v) is 4.25. The van der Waals surface area contributed by atoms with Crippen molar-refractivity contribution < 1.29 is 9.66 Å². The van der Waals surface area contributed by atoms with Crippen molar-refractivity contribution in [3.8, 4) is 11.8 Å². The van der Waals surface area contributed by atoms with Crippen LogP contribution in [0.1, 0.15) is 11.3 Å². The van der Waals surface area contributed by atoms with Crippen LogP contribution in [0.5, 0.6) is 5.75 Å². The topological polar surface area (TPSA) is 120 Å². The van der Waals surface area contributed by atoms with E-state index in [9.17, 15) is 10.1 Å². The normalized spacial score (nSPS) is 10.1. The van der Waals surface area contributed by atoms with Gasteiger partial charge in [0, 0.05) is 6.07 Å². The first-order chi connectivity index (χ1) is 10.0. The molecule has 1 aromatic heterocycles. The van der Waals surface area contributed by atoms with E-state index in [1.165, 1.54) is 16.8 Å². The summed E-state index contributed by atoms with van der Waals surface area (Å²) in [6, 6.07) is 8.10. The maximum absolute atomic E-state index is 10.8. The predicted octanol–water partition coefficient (Wildman–Crippen LogP) is 1.63. The van der Waals surface area contributed by atoms with Crippen LogP contribution in [0.15, 0.2) is 24.3 Å². The Morgan fingerprint density at radius 3 is 2.86 bits per heavy atom. The first-order valence-electron chi connectivity index (χ1n) is 6.13. The van der Waals surface area contributed by atoms with Crippen LogP contribution in [-0.4, -0.2) is 21.3 Å². The first kappa shape index (κ1) is 14.3. The van der Waals surface area contributed by atoms with Crippen molar-refractivity contribution in [2.75, 3.05) is 12.3 Å². The summed E-state index contributed by atoms with van der Waals surface area (Å²) in [5.41, 5.74) is 6.57. The Labute approximate surface area is 120 Å². The predicted molar refractivity (Wildman–Crippen MR) is 74.7 cm³/mol. The molecule has 0 saturated carbocycles. The summed E-state index contributed by atoms with van der Waals surface area (Å²) >= 11 is 0. The van der Waals surface area contributed by atoms with E-state index < -0.39 is 4.92 Å². The van der Waals surface area contributed by atoms with E-state index in [0.29, 0.717) is 17.8 Å². The lowest BCUT2D eigenvalue weighted by Crippen LogP contribution is -2.12. The van der Waals surface area contributed by atoms with Crippen LogP contribution in [-0.2, 0) is 6.54 Å². The molecule has 0 bridgehead atoms. The minimum absolute atomic E-state index is 0.0974. The molecule has 2 aromatic rings. The molecule has 21 heavy (non-hydrogen) atoms. The van der Waals surface area contributed by atoms with Crippen molar-refractivity contribution in [3.05, 3.63) is 45.6 Å². The quantitative estimate of drug-likeness (QED) is 0.659. The van der Waals surface area contributed by atoms with Gasteiger partial charge in [-0.3, -0.25) is 10.1 Å². The third-order valence-corrected chi connectivity index (χ3v) is 2.90. The molecule has 108 valence electrons. The lowest BCUT2D eigenvalue weighted by Gasteiger charge is -2.07. The Balaban J connectivity index is 2.06. The molecule has 0 spiro atoms. The number of ether oxygens (including phenoxy) is 1. The number of nitro benzene ring substituents is 1. The van der Waals surface area contributed by atoms with Gasteiger partial charge in [-0.1, -0.05) is 12.1 Å². The van der Waals surface area contributed by atoms with E-state index in [0.717, 1.165) is 0 Å². The van der Waals surface area contributed by atoms with Crippen LogP contribution in [0.25, 0.3) is 0 Å². The summed E-state index contributed by atoms with van der Waals surface area (Å²) in [7, 11) is 0. The molecule has 0 aliphatic rings. The van der Waals surface area contributed by atoms with Crippen LogP contribution in [0.2, 0.25) is 0 Å². The van der Waals surface area contributed by atoms with Gasteiger partial charge in [-0.2, -0.15) is 10.4 Å². The van der Waals surface area contributed by atoms with E-state index in [-0.39, 0.29) is 23.9 Å². The lowest BCUT2D eigenvalue weighted by atomic mass is 10.3. The molecule has 1 heterocycles. The fourth-order valence-corrected chi connectivity index (χ4v) is 1.88. The molecule has 2 rings (SSSR count). The van der Waals surface area contributed by atoms with E-state index in [2.05, 4.69) is 5.10 Å². The smallest absolute Gasteiger partial charge is 0.310 e. The van der Waals surface area contributed by atoms with Crippen LogP contribution in [0, 0.1) is 28.4 Å². The maximum atomic E-state index is 10.8. The Kier molecular flexibility index (Phi) is 4.04. The first-order valence-corrected chi connectivity index (χ1v) is 6.13. The highest BCUT2D eigenvalue weighted by atomic mass is 16.6. The third kappa shape index (κ3) is 2.92. The number of nitrogen functional groups attached to an aromatic ring is 1. The van der Waals surface area contributed by atoms with Gasteiger partial charge in [-0.25, -0.2) is 4.68 Å². The third-order valence-electron chi connectivity index (χ3n) is 2.90. The van der Waals surface area contributed by atoms with Crippen molar-refractivity contribution in [3.63, 3.8) is 0 Å². The Morgan fingerprint density at radius 1 is 1.52 bits per heavy atom. The maximum Gasteiger partial charge on any atom is 0.310 e.